The third-order valence-electron chi connectivity index (χ3n) is 2.11. The van der Waals surface area contributed by atoms with Crippen molar-refractivity contribution in [1.29, 1.82) is 0 Å². The summed E-state index contributed by atoms with van der Waals surface area (Å²) in [6.45, 7) is 2.05. The normalized spacial score (nSPS) is 12.4. The maximum atomic E-state index is 5.65. The lowest BCUT2D eigenvalue weighted by Gasteiger charge is -2.12. The van der Waals surface area contributed by atoms with Gasteiger partial charge in [0.1, 0.15) is 11.6 Å². The molecular formula is C11H12ClN3O. The Morgan fingerprint density at radius 3 is 2.88 bits per heavy atom. The lowest BCUT2D eigenvalue weighted by Crippen LogP contribution is -2.18. The third-order valence-corrected chi connectivity index (χ3v) is 2.32. The number of hydrogen-bond donors (Lipinski definition) is 1. The highest BCUT2D eigenvalue weighted by molar-refractivity contribution is 6.29. The molecule has 0 saturated heterocycles. The fourth-order valence-corrected chi connectivity index (χ4v) is 1.53. The van der Waals surface area contributed by atoms with Crippen molar-refractivity contribution in [1.82, 2.24) is 10.2 Å². The average molecular weight is 238 g/mol. The van der Waals surface area contributed by atoms with Crippen molar-refractivity contribution in [3.8, 4) is 0 Å². The Morgan fingerprint density at radius 1 is 1.38 bits per heavy atom. The molecule has 2 aromatic heterocycles. The fraction of sp³-hybridized carbons (Fsp3) is 0.273. The van der Waals surface area contributed by atoms with Crippen LogP contribution < -0.4 is 5.32 Å². The molecule has 0 radical (unpaired) electrons. The molecule has 84 valence electrons. The summed E-state index contributed by atoms with van der Waals surface area (Å²) in [5.41, 5.74) is 0. The molecule has 1 N–H and O–H groups in total. The van der Waals surface area contributed by atoms with Gasteiger partial charge in [-0.1, -0.05) is 11.6 Å². The van der Waals surface area contributed by atoms with Crippen LogP contribution in [0.4, 0.5) is 5.82 Å². The zero-order valence-electron chi connectivity index (χ0n) is 8.85. The van der Waals surface area contributed by atoms with Crippen LogP contribution in [0.3, 0.4) is 0 Å². The second kappa shape index (κ2) is 4.99. The number of anilines is 1. The highest BCUT2D eigenvalue weighted by Crippen LogP contribution is 2.10. The minimum absolute atomic E-state index is 0.224. The van der Waals surface area contributed by atoms with Crippen LogP contribution in [0, 0.1) is 0 Å². The van der Waals surface area contributed by atoms with E-state index in [9.17, 15) is 0 Å². The van der Waals surface area contributed by atoms with Gasteiger partial charge in [-0.05, 0) is 31.2 Å². The van der Waals surface area contributed by atoms with E-state index in [1.165, 1.54) is 0 Å². The highest BCUT2D eigenvalue weighted by atomic mass is 35.5. The fourth-order valence-electron chi connectivity index (χ4n) is 1.43. The van der Waals surface area contributed by atoms with Crippen LogP contribution in [0.2, 0.25) is 5.15 Å². The van der Waals surface area contributed by atoms with Gasteiger partial charge in [-0.25, -0.2) is 0 Å². The van der Waals surface area contributed by atoms with E-state index in [-0.39, 0.29) is 6.04 Å². The summed E-state index contributed by atoms with van der Waals surface area (Å²) in [5, 5.41) is 11.3. The van der Waals surface area contributed by atoms with Crippen molar-refractivity contribution in [3.05, 3.63) is 41.4 Å². The molecule has 1 unspecified atom stereocenters. The molecule has 4 nitrogen and oxygen atoms in total. The first-order chi connectivity index (χ1) is 7.74. The van der Waals surface area contributed by atoms with E-state index < -0.39 is 0 Å². The number of rotatable bonds is 4. The van der Waals surface area contributed by atoms with Crippen LogP contribution in [0.1, 0.15) is 12.7 Å². The smallest absolute Gasteiger partial charge is 0.151 e. The van der Waals surface area contributed by atoms with E-state index in [1.807, 2.05) is 12.1 Å². The highest BCUT2D eigenvalue weighted by Gasteiger charge is 2.06. The predicted octanol–water partition coefficient (Wildman–Crippen LogP) is 2.77. The SMILES string of the molecule is CC(Cc1ccco1)Nc1ccc(Cl)nn1. The molecule has 0 amide bonds. The molecule has 2 aromatic rings. The van der Waals surface area contributed by atoms with Gasteiger partial charge in [-0.15, -0.1) is 10.2 Å². The van der Waals surface area contributed by atoms with Gasteiger partial charge in [0, 0.05) is 12.5 Å². The molecule has 0 bridgehead atoms. The number of halogens is 1. The topological polar surface area (TPSA) is 51.0 Å². The molecule has 16 heavy (non-hydrogen) atoms. The molecule has 0 aliphatic rings. The van der Waals surface area contributed by atoms with Crippen molar-refractivity contribution in [2.24, 2.45) is 0 Å². The lowest BCUT2D eigenvalue weighted by molar-refractivity contribution is 0.497. The summed E-state index contributed by atoms with van der Waals surface area (Å²) >= 11 is 5.65. The minimum atomic E-state index is 0.224. The first-order valence-electron chi connectivity index (χ1n) is 5.02. The van der Waals surface area contributed by atoms with Crippen LogP contribution in [0.25, 0.3) is 0 Å². The van der Waals surface area contributed by atoms with Crippen molar-refractivity contribution in [2.45, 2.75) is 19.4 Å². The number of aromatic nitrogens is 2. The predicted molar refractivity (Wildman–Crippen MR) is 62.5 cm³/mol. The first kappa shape index (κ1) is 11.0. The zero-order chi connectivity index (χ0) is 11.4. The van der Waals surface area contributed by atoms with Crippen molar-refractivity contribution >= 4 is 17.4 Å². The van der Waals surface area contributed by atoms with Crippen molar-refractivity contribution in [3.63, 3.8) is 0 Å². The Labute approximate surface area is 98.6 Å². The van der Waals surface area contributed by atoms with Crippen LogP contribution in [0.5, 0.6) is 0 Å². The molecule has 2 rings (SSSR count). The van der Waals surface area contributed by atoms with E-state index in [1.54, 1.807) is 18.4 Å². The lowest BCUT2D eigenvalue weighted by atomic mass is 10.2. The van der Waals surface area contributed by atoms with Crippen LogP contribution in [-0.4, -0.2) is 16.2 Å². The summed E-state index contributed by atoms with van der Waals surface area (Å²) in [6.07, 6.45) is 2.47. The Bertz CT molecular complexity index is 427. The molecule has 5 heteroatoms. The zero-order valence-corrected chi connectivity index (χ0v) is 9.61. The van der Waals surface area contributed by atoms with Crippen LogP contribution >= 0.6 is 11.6 Å². The molecule has 0 aliphatic heterocycles. The number of nitrogens with zero attached hydrogens (tertiary/aromatic N) is 2. The molecular weight excluding hydrogens is 226 g/mol. The van der Waals surface area contributed by atoms with Crippen molar-refractivity contribution < 1.29 is 4.42 Å². The Kier molecular flexibility index (Phi) is 3.41. The molecule has 0 fully saturated rings. The van der Waals surface area contributed by atoms with Gasteiger partial charge in [0.2, 0.25) is 0 Å². The molecule has 0 spiro atoms. The van der Waals surface area contributed by atoms with E-state index in [2.05, 4.69) is 22.4 Å². The maximum absolute atomic E-state index is 5.65. The second-order valence-electron chi connectivity index (χ2n) is 3.57. The number of furan rings is 1. The van der Waals surface area contributed by atoms with Gasteiger partial charge >= 0.3 is 0 Å². The molecule has 0 saturated carbocycles. The third kappa shape index (κ3) is 2.97. The Hall–Kier alpha value is -1.55. The molecule has 0 aromatic carbocycles. The van der Waals surface area contributed by atoms with E-state index in [0.29, 0.717) is 11.0 Å². The minimum Gasteiger partial charge on any atom is -0.469 e. The Morgan fingerprint density at radius 2 is 2.25 bits per heavy atom. The largest absolute Gasteiger partial charge is 0.469 e. The monoisotopic (exact) mass is 237 g/mol. The van der Waals surface area contributed by atoms with Crippen LogP contribution in [-0.2, 0) is 6.42 Å². The summed E-state index contributed by atoms with van der Waals surface area (Å²) in [6, 6.07) is 7.56. The molecule has 2 heterocycles. The van der Waals surface area contributed by atoms with Gasteiger partial charge in [-0.3, -0.25) is 0 Å². The molecule has 0 aliphatic carbocycles. The Balaban J connectivity index is 1.92. The van der Waals surface area contributed by atoms with E-state index >= 15 is 0 Å². The van der Waals surface area contributed by atoms with Crippen LogP contribution in [0.15, 0.2) is 34.9 Å². The second-order valence-corrected chi connectivity index (χ2v) is 3.96. The van der Waals surface area contributed by atoms with Gasteiger partial charge in [-0.2, -0.15) is 0 Å². The van der Waals surface area contributed by atoms with E-state index in [4.69, 9.17) is 16.0 Å². The van der Waals surface area contributed by atoms with E-state index in [0.717, 1.165) is 12.2 Å². The van der Waals surface area contributed by atoms with Gasteiger partial charge in [0.15, 0.2) is 5.15 Å². The summed E-state index contributed by atoms with van der Waals surface area (Å²) < 4.78 is 5.26. The molecule has 1 atom stereocenters. The quantitative estimate of drug-likeness (QED) is 0.889. The summed E-state index contributed by atoms with van der Waals surface area (Å²) in [5.74, 6) is 1.66. The standard InChI is InChI=1S/C11H12ClN3O/c1-8(7-9-3-2-6-16-9)13-11-5-4-10(12)14-15-11/h2-6,8H,7H2,1H3,(H,13,15). The summed E-state index contributed by atoms with van der Waals surface area (Å²) in [4.78, 5) is 0. The van der Waals surface area contributed by atoms with Gasteiger partial charge in [0.25, 0.3) is 0 Å². The van der Waals surface area contributed by atoms with Crippen molar-refractivity contribution in [2.75, 3.05) is 5.32 Å². The van der Waals surface area contributed by atoms with Gasteiger partial charge < -0.3 is 9.73 Å². The number of hydrogen-bond acceptors (Lipinski definition) is 4. The summed E-state index contributed by atoms with van der Waals surface area (Å²) in [7, 11) is 0. The van der Waals surface area contributed by atoms with Gasteiger partial charge in [0.05, 0.1) is 6.26 Å². The first-order valence-corrected chi connectivity index (χ1v) is 5.40. The average Bonchev–Trinajstić information content (AvgIpc) is 2.74. The number of nitrogens with one attached hydrogen (secondary N) is 1. The maximum Gasteiger partial charge on any atom is 0.151 e.